The number of hydrogen-bond donors (Lipinski definition) is 1. The minimum absolute atomic E-state index is 0.555. The van der Waals surface area contributed by atoms with Crippen LogP contribution in [0.5, 0.6) is 0 Å². The van der Waals surface area contributed by atoms with Gasteiger partial charge in [-0.2, -0.15) is 0 Å². The minimum Gasteiger partial charge on any atom is -0.467 e. The molecule has 0 spiro atoms. The summed E-state index contributed by atoms with van der Waals surface area (Å²) in [6.07, 6.45) is 1.61. The van der Waals surface area contributed by atoms with Crippen LogP contribution in [0.2, 0.25) is 0 Å². The van der Waals surface area contributed by atoms with E-state index in [2.05, 4.69) is 22.6 Å². The fraction of sp³-hybridized carbons (Fsp3) is 0.167. The Kier molecular flexibility index (Phi) is 3.43. The van der Waals surface area contributed by atoms with E-state index in [4.69, 9.17) is 4.42 Å². The number of aliphatic hydroxyl groups excluding tert-OH is 1. The van der Waals surface area contributed by atoms with E-state index in [0.717, 1.165) is 5.56 Å². The highest BCUT2D eigenvalue weighted by Crippen LogP contribution is 2.19. The molecule has 15 heavy (non-hydrogen) atoms. The average Bonchev–Trinajstić information content (AvgIpc) is 2.74. The van der Waals surface area contributed by atoms with E-state index in [1.54, 1.807) is 18.4 Å². The molecular formula is C12H11IO2. The second-order valence-corrected chi connectivity index (χ2v) is 4.61. The molecule has 2 nitrogen and oxygen atoms in total. The van der Waals surface area contributed by atoms with Crippen LogP contribution in [0.4, 0.5) is 0 Å². The van der Waals surface area contributed by atoms with Crippen molar-refractivity contribution in [1.82, 2.24) is 0 Å². The van der Waals surface area contributed by atoms with Crippen molar-refractivity contribution >= 4 is 22.6 Å². The summed E-state index contributed by atoms with van der Waals surface area (Å²) in [6.45, 7) is 0. The Balaban J connectivity index is 2.06. The summed E-state index contributed by atoms with van der Waals surface area (Å²) in [5.41, 5.74) is 1.11. The van der Waals surface area contributed by atoms with E-state index in [9.17, 15) is 5.11 Å². The van der Waals surface area contributed by atoms with Gasteiger partial charge in [0.05, 0.1) is 6.26 Å². The van der Waals surface area contributed by atoms with Crippen molar-refractivity contribution in [3.63, 3.8) is 0 Å². The molecule has 0 aliphatic carbocycles. The van der Waals surface area contributed by atoms with Crippen LogP contribution in [0.1, 0.15) is 17.4 Å². The molecule has 0 saturated heterocycles. The molecule has 0 fully saturated rings. The Morgan fingerprint density at radius 1 is 1.20 bits per heavy atom. The number of aliphatic hydroxyl groups is 1. The van der Waals surface area contributed by atoms with Gasteiger partial charge in [-0.3, -0.25) is 0 Å². The van der Waals surface area contributed by atoms with Crippen molar-refractivity contribution in [1.29, 1.82) is 0 Å². The van der Waals surface area contributed by atoms with E-state index in [1.165, 1.54) is 3.57 Å². The Bertz CT molecular complexity index is 406. The lowest BCUT2D eigenvalue weighted by atomic mass is 10.1. The van der Waals surface area contributed by atoms with Crippen LogP contribution in [0.25, 0.3) is 0 Å². The summed E-state index contributed by atoms with van der Waals surface area (Å²) in [6, 6.07) is 11.7. The van der Waals surface area contributed by atoms with Crippen molar-refractivity contribution in [2.45, 2.75) is 12.5 Å². The number of furan rings is 1. The van der Waals surface area contributed by atoms with Crippen LogP contribution in [-0.4, -0.2) is 5.11 Å². The van der Waals surface area contributed by atoms with E-state index in [-0.39, 0.29) is 0 Å². The summed E-state index contributed by atoms with van der Waals surface area (Å²) < 4.78 is 6.34. The van der Waals surface area contributed by atoms with Gasteiger partial charge in [-0.05, 0) is 52.4 Å². The standard InChI is InChI=1S/C12H11IO2/c13-10-5-3-9(4-6-10)8-11(14)12-2-1-7-15-12/h1-7,11,14H,8H2. The maximum atomic E-state index is 9.84. The Hall–Kier alpha value is -0.810. The van der Waals surface area contributed by atoms with Gasteiger partial charge in [0.2, 0.25) is 0 Å². The normalized spacial score (nSPS) is 12.7. The zero-order chi connectivity index (χ0) is 10.7. The molecule has 0 aliphatic rings. The van der Waals surface area contributed by atoms with Crippen LogP contribution in [-0.2, 0) is 6.42 Å². The third kappa shape index (κ3) is 2.82. The molecule has 0 saturated carbocycles. The number of rotatable bonds is 3. The van der Waals surface area contributed by atoms with Crippen LogP contribution < -0.4 is 0 Å². The van der Waals surface area contributed by atoms with E-state index in [1.807, 2.05) is 24.3 Å². The molecule has 1 aromatic carbocycles. The van der Waals surface area contributed by atoms with Crippen molar-refractivity contribution in [3.8, 4) is 0 Å². The molecular weight excluding hydrogens is 303 g/mol. The molecule has 1 heterocycles. The number of hydrogen-bond acceptors (Lipinski definition) is 2. The topological polar surface area (TPSA) is 33.4 Å². The van der Waals surface area contributed by atoms with E-state index < -0.39 is 6.10 Å². The third-order valence-corrected chi connectivity index (χ3v) is 2.93. The summed E-state index contributed by atoms with van der Waals surface area (Å²) >= 11 is 2.26. The first-order valence-electron chi connectivity index (χ1n) is 4.71. The Morgan fingerprint density at radius 3 is 2.53 bits per heavy atom. The van der Waals surface area contributed by atoms with Crippen molar-refractivity contribution < 1.29 is 9.52 Å². The van der Waals surface area contributed by atoms with Gasteiger partial charge < -0.3 is 9.52 Å². The second-order valence-electron chi connectivity index (χ2n) is 3.36. The van der Waals surface area contributed by atoms with Crippen LogP contribution in [0, 0.1) is 3.57 Å². The number of benzene rings is 1. The lowest BCUT2D eigenvalue weighted by Crippen LogP contribution is -2.00. The molecule has 0 amide bonds. The molecule has 1 N–H and O–H groups in total. The molecule has 3 heteroatoms. The quantitative estimate of drug-likeness (QED) is 0.883. The third-order valence-electron chi connectivity index (χ3n) is 2.21. The molecule has 1 atom stereocenters. The van der Waals surface area contributed by atoms with E-state index in [0.29, 0.717) is 12.2 Å². The first kappa shape index (κ1) is 10.7. The molecule has 2 aromatic rings. The summed E-state index contributed by atoms with van der Waals surface area (Å²) in [5.74, 6) is 0.619. The van der Waals surface area contributed by atoms with Gasteiger partial charge in [-0.1, -0.05) is 12.1 Å². The first-order valence-corrected chi connectivity index (χ1v) is 5.79. The molecule has 0 bridgehead atoms. The molecule has 78 valence electrons. The predicted octanol–water partition coefficient (Wildman–Crippen LogP) is 3.16. The summed E-state index contributed by atoms with van der Waals surface area (Å²) in [7, 11) is 0. The fourth-order valence-electron chi connectivity index (χ4n) is 1.43. The van der Waals surface area contributed by atoms with Gasteiger partial charge in [0.25, 0.3) is 0 Å². The maximum absolute atomic E-state index is 9.84. The predicted molar refractivity (Wildman–Crippen MR) is 66.5 cm³/mol. The summed E-state index contributed by atoms with van der Waals surface area (Å²) in [5, 5.41) is 9.84. The van der Waals surface area contributed by atoms with Gasteiger partial charge >= 0.3 is 0 Å². The highest BCUT2D eigenvalue weighted by atomic mass is 127. The average molecular weight is 314 g/mol. The van der Waals surface area contributed by atoms with Crippen molar-refractivity contribution in [2.75, 3.05) is 0 Å². The van der Waals surface area contributed by atoms with Crippen molar-refractivity contribution in [3.05, 3.63) is 57.6 Å². The lowest BCUT2D eigenvalue weighted by Gasteiger charge is -2.07. The number of halogens is 1. The molecule has 0 aliphatic heterocycles. The second kappa shape index (κ2) is 4.81. The highest BCUT2D eigenvalue weighted by molar-refractivity contribution is 14.1. The SMILES string of the molecule is OC(Cc1ccc(I)cc1)c1ccco1. The highest BCUT2D eigenvalue weighted by Gasteiger charge is 2.10. The molecule has 1 aromatic heterocycles. The smallest absolute Gasteiger partial charge is 0.132 e. The minimum atomic E-state index is -0.555. The Labute approximate surface area is 102 Å². The molecule has 2 rings (SSSR count). The maximum Gasteiger partial charge on any atom is 0.132 e. The van der Waals surface area contributed by atoms with E-state index >= 15 is 0 Å². The summed E-state index contributed by atoms with van der Waals surface area (Å²) in [4.78, 5) is 0. The van der Waals surface area contributed by atoms with Gasteiger partial charge in [0.15, 0.2) is 0 Å². The Morgan fingerprint density at radius 2 is 1.93 bits per heavy atom. The van der Waals surface area contributed by atoms with Gasteiger partial charge in [0.1, 0.15) is 11.9 Å². The molecule has 0 radical (unpaired) electrons. The first-order chi connectivity index (χ1) is 7.25. The zero-order valence-electron chi connectivity index (χ0n) is 8.06. The van der Waals surface area contributed by atoms with Gasteiger partial charge in [-0.25, -0.2) is 0 Å². The van der Waals surface area contributed by atoms with Gasteiger partial charge in [0, 0.05) is 9.99 Å². The lowest BCUT2D eigenvalue weighted by molar-refractivity contribution is 0.150. The van der Waals surface area contributed by atoms with Crippen molar-refractivity contribution in [2.24, 2.45) is 0 Å². The van der Waals surface area contributed by atoms with Crippen LogP contribution in [0.3, 0.4) is 0 Å². The largest absolute Gasteiger partial charge is 0.467 e. The van der Waals surface area contributed by atoms with Gasteiger partial charge in [-0.15, -0.1) is 0 Å². The molecule has 1 unspecified atom stereocenters. The zero-order valence-corrected chi connectivity index (χ0v) is 10.2. The fourth-order valence-corrected chi connectivity index (χ4v) is 1.78. The van der Waals surface area contributed by atoms with Crippen LogP contribution in [0.15, 0.2) is 47.1 Å². The monoisotopic (exact) mass is 314 g/mol. The van der Waals surface area contributed by atoms with Crippen LogP contribution >= 0.6 is 22.6 Å².